The smallest absolute Gasteiger partial charge is 0.242 e. The lowest BCUT2D eigenvalue weighted by molar-refractivity contribution is -0.121. The van der Waals surface area contributed by atoms with Crippen molar-refractivity contribution in [2.75, 3.05) is 31.7 Å². The first-order chi connectivity index (χ1) is 9.31. The summed E-state index contributed by atoms with van der Waals surface area (Å²) in [6, 6.07) is 7.81. The molecule has 0 spiro atoms. The largest absolute Gasteiger partial charge is 0.394 e. The molecule has 0 aliphatic carbocycles. The van der Waals surface area contributed by atoms with Crippen molar-refractivity contribution in [3.8, 4) is 0 Å². The van der Waals surface area contributed by atoms with E-state index in [1.165, 1.54) is 5.56 Å². The normalized spacial score (nSPS) is 16.8. The first-order valence-electron chi connectivity index (χ1n) is 6.62. The standard InChI is InChI=1S/C14H20N2O3/c17-7-9-19-8-3-6-15-14(18)13-10-11-4-1-2-5-12(11)16-13/h1-2,4-5,13,16-17H,3,6-10H2,(H,15,18). The first kappa shape index (κ1) is 13.8. The van der Waals surface area contributed by atoms with Crippen molar-refractivity contribution in [1.29, 1.82) is 0 Å². The van der Waals surface area contributed by atoms with Crippen LogP contribution < -0.4 is 10.6 Å². The van der Waals surface area contributed by atoms with Gasteiger partial charge in [0.05, 0.1) is 13.2 Å². The van der Waals surface area contributed by atoms with E-state index in [0.29, 0.717) is 19.8 Å². The highest BCUT2D eigenvalue weighted by Gasteiger charge is 2.25. The van der Waals surface area contributed by atoms with Crippen molar-refractivity contribution in [2.45, 2.75) is 18.9 Å². The molecule has 1 aromatic carbocycles. The number of fused-ring (bicyclic) bond motifs is 1. The minimum Gasteiger partial charge on any atom is -0.394 e. The molecule has 1 heterocycles. The number of carbonyl (C=O) groups is 1. The van der Waals surface area contributed by atoms with Crippen LogP contribution >= 0.6 is 0 Å². The number of ether oxygens (including phenoxy) is 1. The molecular weight excluding hydrogens is 244 g/mol. The van der Waals surface area contributed by atoms with E-state index in [9.17, 15) is 4.79 Å². The van der Waals surface area contributed by atoms with Gasteiger partial charge in [-0.3, -0.25) is 4.79 Å². The maximum absolute atomic E-state index is 11.9. The first-order valence-corrected chi connectivity index (χ1v) is 6.62. The zero-order valence-electron chi connectivity index (χ0n) is 10.9. The molecule has 0 fully saturated rings. The third kappa shape index (κ3) is 3.94. The van der Waals surface area contributed by atoms with Gasteiger partial charge in [0.1, 0.15) is 6.04 Å². The summed E-state index contributed by atoms with van der Waals surface area (Å²) < 4.78 is 5.12. The van der Waals surface area contributed by atoms with E-state index in [1.807, 2.05) is 24.3 Å². The summed E-state index contributed by atoms with van der Waals surface area (Å²) in [5, 5.41) is 14.6. The predicted octanol–water partition coefficient (Wildman–Crippen LogP) is 0.538. The molecule has 0 bridgehead atoms. The average molecular weight is 264 g/mol. The number of aliphatic hydroxyl groups excluding tert-OH is 1. The number of hydrogen-bond donors (Lipinski definition) is 3. The number of amides is 1. The summed E-state index contributed by atoms with van der Waals surface area (Å²) >= 11 is 0. The Labute approximate surface area is 113 Å². The second kappa shape index (κ2) is 7.11. The Morgan fingerprint density at radius 3 is 3.05 bits per heavy atom. The van der Waals surface area contributed by atoms with E-state index in [2.05, 4.69) is 10.6 Å². The minimum atomic E-state index is -0.171. The molecule has 1 amide bonds. The third-order valence-corrected chi connectivity index (χ3v) is 3.09. The van der Waals surface area contributed by atoms with Gasteiger partial charge >= 0.3 is 0 Å². The molecule has 5 nitrogen and oxygen atoms in total. The van der Waals surface area contributed by atoms with Gasteiger partial charge in [-0.15, -0.1) is 0 Å². The molecule has 0 radical (unpaired) electrons. The number of hydrogen-bond acceptors (Lipinski definition) is 4. The molecule has 0 saturated heterocycles. The van der Waals surface area contributed by atoms with Crippen molar-refractivity contribution in [3.05, 3.63) is 29.8 Å². The van der Waals surface area contributed by atoms with Crippen LogP contribution in [-0.2, 0) is 16.0 Å². The van der Waals surface area contributed by atoms with Crippen molar-refractivity contribution < 1.29 is 14.6 Å². The topological polar surface area (TPSA) is 70.6 Å². The van der Waals surface area contributed by atoms with Gasteiger partial charge in [-0.05, 0) is 18.1 Å². The maximum atomic E-state index is 11.9. The molecule has 2 rings (SSSR count). The number of rotatable bonds is 7. The highest BCUT2D eigenvalue weighted by atomic mass is 16.5. The average Bonchev–Trinajstić information content (AvgIpc) is 2.86. The van der Waals surface area contributed by atoms with E-state index < -0.39 is 0 Å². The van der Waals surface area contributed by atoms with Gasteiger partial charge in [0, 0.05) is 25.3 Å². The molecule has 1 aromatic rings. The van der Waals surface area contributed by atoms with Crippen LogP contribution in [0.1, 0.15) is 12.0 Å². The van der Waals surface area contributed by atoms with Gasteiger partial charge in [-0.25, -0.2) is 0 Å². The molecule has 0 saturated carbocycles. The highest BCUT2D eigenvalue weighted by molar-refractivity contribution is 5.87. The quantitative estimate of drug-likeness (QED) is 0.629. The molecule has 5 heteroatoms. The van der Waals surface area contributed by atoms with Crippen molar-refractivity contribution in [3.63, 3.8) is 0 Å². The number of carbonyl (C=O) groups excluding carboxylic acids is 1. The monoisotopic (exact) mass is 264 g/mol. The summed E-state index contributed by atoms with van der Waals surface area (Å²) in [5.41, 5.74) is 2.24. The van der Waals surface area contributed by atoms with E-state index in [0.717, 1.165) is 18.5 Å². The Morgan fingerprint density at radius 2 is 2.26 bits per heavy atom. The van der Waals surface area contributed by atoms with Gasteiger partial charge < -0.3 is 20.5 Å². The van der Waals surface area contributed by atoms with Crippen LogP contribution in [0.3, 0.4) is 0 Å². The number of benzene rings is 1. The second-order valence-electron chi connectivity index (χ2n) is 4.54. The Kier molecular flexibility index (Phi) is 5.18. The zero-order valence-corrected chi connectivity index (χ0v) is 10.9. The van der Waals surface area contributed by atoms with Gasteiger partial charge in [0.25, 0.3) is 0 Å². The molecule has 19 heavy (non-hydrogen) atoms. The van der Waals surface area contributed by atoms with Gasteiger partial charge in [-0.1, -0.05) is 18.2 Å². The predicted molar refractivity (Wildman–Crippen MR) is 73.1 cm³/mol. The highest BCUT2D eigenvalue weighted by Crippen LogP contribution is 2.24. The van der Waals surface area contributed by atoms with Crippen LogP contribution in [0.4, 0.5) is 5.69 Å². The lowest BCUT2D eigenvalue weighted by atomic mass is 10.1. The van der Waals surface area contributed by atoms with Crippen molar-refractivity contribution in [1.82, 2.24) is 5.32 Å². The fraction of sp³-hybridized carbons (Fsp3) is 0.500. The van der Waals surface area contributed by atoms with Crippen LogP contribution in [-0.4, -0.2) is 43.4 Å². The van der Waals surface area contributed by atoms with E-state index in [-0.39, 0.29) is 18.6 Å². The van der Waals surface area contributed by atoms with E-state index in [4.69, 9.17) is 9.84 Å². The Hall–Kier alpha value is -1.59. The van der Waals surface area contributed by atoms with Crippen LogP contribution in [0.25, 0.3) is 0 Å². The number of nitrogens with one attached hydrogen (secondary N) is 2. The van der Waals surface area contributed by atoms with E-state index in [1.54, 1.807) is 0 Å². The van der Waals surface area contributed by atoms with E-state index >= 15 is 0 Å². The lowest BCUT2D eigenvalue weighted by Crippen LogP contribution is -2.39. The van der Waals surface area contributed by atoms with Gasteiger partial charge in [0.2, 0.25) is 5.91 Å². The summed E-state index contributed by atoms with van der Waals surface area (Å²) in [4.78, 5) is 11.9. The summed E-state index contributed by atoms with van der Waals surface area (Å²) in [7, 11) is 0. The molecule has 1 aliphatic heterocycles. The number of aliphatic hydroxyl groups is 1. The number of para-hydroxylation sites is 1. The molecular formula is C14H20N2O3. The summed E-state index contributed by atoms with van der Waals surface area (Å²) in [6.07, 6.45) is 1.49. The Morgan fingerprint density at radius 1 is 1.42 bits per heavy atom. The van der Waals surface area contributed by atoms with Gasteiger partial charge in [-0.2, -0.15) is 0 Å². The Balaban J connectivity index is 1.66. The lowest BCUT2D eigenvalue weighted by Gasteiger charge is -2.11. The molecule has 0 aromatic heterocycles. The van der Waals surface area contributed by atoms with Crippen LogP contribution in [0.5, 0.6) is 0 Å². The molecule has 1 unspecified atom stereocenters. The molecule has 1 atom stereocenters. The van der Waals surface area contributed by atoms with Crippen LogP contribution in [0.2, 0.25) is 0 Å². The molecule has 104 valence electrons. The minimum absolute atomic E-state index is 0.0263. The molecule has 1 aliphatic rings. The third-order valence-electron chi connectivity index (χ3n) is 3.09. The molecule has 3 N–H and O–H groups in total. The number of anilines is 1. The second-order valence-corrected chi connectivity index (χ2v) is 4.54. The van der Waals surface area contributed by atoms with Crippen molar-refractivity contribution in [2.24, 2.45) is 0 Å². The summed E-state index contributed by atoms with van der Waals surface area (Å²) in [6.45, 7) is 1.54. The summed E-state index contributed by atoms with van der Waals surface area (Å²) in [5.74, 6) is 0.0263. The SMILES string of the molecule is O=C(NCCCOCCO)C1Cc2ccccc2N1. The van der Waals surface area contributed by atoms with Crippen molar-refractivity contribution >= 4 is 11.6 Å². The van der Waals surface area contributed by atoms with Crippen LogP contribution in [0.15, 0.2) is 24.3 Å². The van der Waals surface area contributed by atoms with Gasteiger partial charge in [0.15, 0.2) is 0 Å². The maximum Gasteiger partial charge on any atom is 0.242 e. The van der Waals surface area contributed by atoms with Crippen LogP contribution in [0, 0.1) is 0 Å². The Bertz CT molecular complexity index is 398. The zero-order chi connectivity index (χ0) is 13.5. The fourth-order valence-electron chi connectivity index (χ4n) is 2.13. The fourth-order valence-corrected chi connectivity index (χ4v) is 2.13.